The van der Waals surface area contributed by atoms with Crippen LogP contribution in [0.5, 0.6) is 0 Å². The van der Waals surface area contributed by atoms with Crippen molar-refractivity contribution in [3.8, 4) is 0 Å². The lowest BCUT2D eigenvalue weighted by molar-refractivity contribution is 0.0790. The molecule has 0 spiro atoms. The lowest BCUT2D eigenvalue weighted by Crippen LogP contribution is -2.29. The molecule has 2 aromatic rings. The quantitative estimate of drug-likeness (QED) is 0.889. The van der Waals surface area contributed by atoms with Crippen molar-refractivity contribution >= 4 is 11.9 Å². The van der Waals surface area contributed by atoms with Crippen LogP contribution in [-0.2, 0) is 0 Å². The Morgan fingerprint density at radius 2 is 2.04 bits per heavy atom. The molecule has 4 heterocycles. The fourth-order valence-corrected chi connectivity index (χ4v) is 3.78. The minimum absolute atomic E-state index is 0.0471. The third-order valence-corrected chi connectivity index (χ3v) is 5.23. The molecule has 0 aliphatic carbocycles. The van der Waals surface area contributed by atoms with Crippen LogP contribution in [0.2, 0.25) is 0 Å². The highest BCUT2D eigenvalue weighted by molar-refractivity contribution is 5.95. The average molecular weight is 341 g/mol. The van der Waals surface area contributed by atoms with Crippen LogP contribution in [0.15, 0.2) is 23.3 Å². The van der Waals surface area contributed by atoms with Gasteiger partial charge in [-0.05, 0) is 31.7 Å². The predicted octanol–water partition coefficient (Wildman–Crippen LogP) is 1.64. The van der Waals surface area contributed by atoms with Gasteiger partial charge in [-0.15, -0.1) is 0 Å². The molecule has 1 amide bonds. The number of amides is 1. The van der Waals surface area contributed by atoms with Crippen molar-refractivity contribution in [1.82, 2.24) is 19.9 Å². The maximum atomic E-state index is 12.7. The van der Waals surface area contributed by atoms with E-state index in [-0.39, 0.29) is 17.4 Å². The molecular formula is C18H23N5O2. The first-order valence-corrected chi connectivity index (χ1v) is 8.90. The van der Waals surface area contributed by atoms with Gasteiger partial charge in [0.05, 0.1) is 11.3 Å². The van der Waals surface area contributed by atoms with Gasteiger partial charge in [-0.3, -0.25) is 14.6 Å². The third kappa shape index (κ3) is 3.06. The molecule has 25 heavy (non-hydrogen) atoms. The fourth-order valence-electron chi connectivity index (χ4n) is 3.78. The largest absolute Gasteiger partial charge is 0.367 e. The number of hydrogen-bond acceptors (Lipinski definition) is 4. The first-order valence-electron chi connectivity index (χ1n) is 8.90. The first kappa shape index (κ1) is 15.9. The number of anilines is 1. The number of nitrogens with zero attached hydrogens (tertiary/aromatic N) is 3. The smallest absolute Gasteiger partial charge is 0.255 e. The van der Waals surface area contributed by atoms with E-state index in [1.54, 1.807) is 12.3 Å². The van der Waals surface area contributed by atoms with Crippen LogP contribution in [0, 0.1) is 6.92 Å². The zero-order valence-electron chi connectivity index (χ0n) is 14.4. The topological polar surface area (TPSA) is 85.1 Å². The first-order chi connectivity index (χ1) is 12.1. The summed E-state index contributed by atoms with van der Waals surface area (Å²) >= 11 is 0. The fraction of sp³-hybridized carbons (Fsp3) is 0.500. The van der Waals surface area contributed by atoms with Crippen molar-refractivity contribution in [3.05, 3.63) is 45.6 Å². The van der Waals surface area contributed by atoms with Gasteiger partial charge in [0.15, 0.2) is 0 Å². The number of aromatic nitrogens is 3. The van der Waals surface area contributed by atoms with E-state index in [9.17, 15) is 9.59 Å². The number of carbonyl (C=O) groups is 1. The number of hydrogen-bond donors (Lipinski definition) is 2. The maximum Gasteiger partial charge on any atom is 0.255 e. The highest BCUT2D eigenvalue weighted by atomic mass is 16.2. The van der Waals surface area contributed by atoms with Crippen molar-refractivity contribution < 1.29 is 4.79 Å². The molecule has 0 aromatic carbocycles. The molecule has 0 bridgehead atoms. The Balaban J connectivity index is 1.52. The molecule has 2 aliphatic heterocycles. The van der Waals surface area contributed by atoms with Crippen LogP contribution < -0.4 is 10.5 Å². The normalized spacial score (nSPS) is 20.4. The van der Waals surface area contributed by atoms with E-state index in [0.29, 0.717) is 19.0 Å². The summed E-state index contributed by atoms with van der Waals surface area (Å²) in [4.78, 5) is 39.2. The zero-order chi connectivity index (χ0) is 17.4. The highest BCUT2D eigenvalue weighted by Crippen LogP contribution is 2.28. The average Bonchev–Trinajstić information content (AvgIpc) is 3.35. The minimum atomic E-state index is -0.113. The summed E-state index contributed by atoms with van der Waals surface area (Å²) in [6.45, 7) is 5.11. The number of aromatic amines is 2. The molecule has 0 radical (unpaired) electrons. The molecule has 2 N–H and O–H groups in total. The standard InChI is InChI=1S/C18H23N5O2/c1-12-9-19-10-14(12)17(25)23-7-4-13(11-23)15-8-16(24)21-18(20-15)22-5-2-3-6-22/h8-10,13,19H,2-7,11H2,1H3,(H,20,21,24). The molecule has 4 rings (SSSR count). The Morgan fingerprint density at radius 1 is 1.24 bits per heavy atom. The minimum Gasteiger partial charge on any atom is -0.367 e. The second-order valence-corrected chi connectivity index (χ2v) is 6.98. The summed E-state index contributed by atoms with van der Waals surface area (Å²) in [6.07, 6.45) is 6.69. The molecule has 0 saturated carbocycles. The Kier molecular flexibility index (Phi) is 4.07. The molecule has 2 saturated heterocycles. The van der Waals surface area contributed by atoms with Gasteiger partial charge in [-0.2, -0.15) is 0 Å². The van der Waals surface area contributed by atoms with E-state index >= 15 is 0 Å². The van der Waals surface area contributed by atoms with Crippen molar-refractivity contribution in [2.75, 3.05) is 31.1 Å². The molecular weight excluding hydrogens is 318 g/mol. The number of H-pyrrole nitrogens is 2. The molecule has 2 aliphatic rings. The van der Waals surface area contributed by atoms with Crippen molar-refractivity contribution in [2.24, 2.45) is 0 Å². The van der Waals surface area contributed by atoms with Crippen LogP contribution in [0.25, 0.3) is 0 Å². The van der Waals surface area contributed by atoms with E-state index in [0.717, 1.165) is 49.2 Å². The number of aryl methyl sites for hydroxylation is 1. The Hall–Kier alpha value is -2.57. The van der Waals surface area contributed by atoms with Crippen molar-refractivity contribution in [3.63, 3.8) is 0 Å². The van der Waals surface area contributed by atoms with Gasteiger partial charge >= 0.3 is 0 Å². The SMILES string of the molecule is Cc1c[nH]cc1C(=O)N1CCC(c2cc(=O)[nH]c(N3CCCC3)n2)C1. The van der Waals surface area contributed by atoms with Crippen LogP contribution >= 0.6 is 0 Å². The molecule has 7 nitrogen and oxygen atoms in total. The van der Waals surface area contributed by atoms with Crippen molar-refractivity contribution in [2.45, 2.75) is 32.1 Å². The Morgan fingerprint density at radius 3 is 2.76 bits per heavy atom. The summed E-state index contributed by atoms with van der Waals surface area (Å²) in [7, 11) is 0. The van der Waals surface area contributed by atoms with E-state index < -0.39 is 0 Å². The molecule has 132 valence electrons. The monoisotopic (exact) mass is 341 g/mol. The third-order valence-electron chi connectivity index (χ3n) is 5.23. The van der Waals surface area contributed by atoms with Crippen molar-refractivity contribution in [1.29, 1.82) is 0 Å². The molecule has 1 atom stereocenters. The van der Waals surface area contributed by atoms with Gasteiger partial charge in [0.2, 0.25) is 5.95 Å². The summed E-state index contributed by atoms with van der Waals surface area (Å²) < 4.78 is 0. The predicted molar refractivity (Wildman–Crippen MR) is 95.1 cm³/mol. The van der Waals surface area contributed by atoms with E-state index in [4.69, 9.17) is 4.98 Å². The van der Waals surface area contributed by atoms with Gasteiger partial charge in [0.25, 0.3) is 11.5 Å². The summed E-state index contributed by atoms with van der Waals surface area (Å²) in [5.41, 5.74) is 2.36. The van der Waals surface area contributed by atoms with Gasteiger partial charge < -0.3 is 14.8 Å². The number of likely N-dealkylation sites (tertiary alicyclic amines) is 1. The molecule has 7 heteroatoms. The zero-order valence-corrected chi connectivity index (χ0v) is 14.4. The summed E-state index contributed by atoms with van der Waals surface area (Å²) in [6, 6.07) is 1.58. The molecule has 2 fully saturated rings. The Bertz CT molecular complexity index is 834. The van der Waals surface area contributed by atoms with Gasteiger partial charge in [-0.25, -0.2) is 4.98 Å². The number of carbonyl (C=O) groups excluding carboxylic acids is 1. The van der Waals surface area contributed by atoms with E-state index in [1.165, 1.54) is 0 Å². The van der Waals surface area contributed by atoms with Gasteiger partial charge in [0, 0.05) is 50.6 Å². The van der Waals surface area contributed by atoms with Gasteiger partial charge in [-0.1, -0.05) is 0 Å². The van der Waals surface area contributed by atoms with Gasteiger partial charge in [0.1, 0.15) is 0 Å². The highest BCUT2D eigenvalue weighted by Gasteiger charge is 2.30. The van der Waals surface area contributed by atoms with Crippen LogP contribution in [0.4, 0.5) is 5.95 Å². The second kappa shape index (κ2) is 6.38. The van der Waals surface area contributed by atoms with Crippen LogP contribution in [-0.4, -0.2) is 51.9 Å². The summed E-state index contributed by atoms with van der Waals surface area (Å²) in [5.74, 6) is 0.837. The maximum absolute atomic E-state index is 12.7. The van der Waals surface area contributed by atoms with E-state index in [1.807, 2.05) is 18.0 Å². The van der Waals surface area contributed by atoms with Crippen LogP contribution in [0.3, 0.4) is 0 Å². The van der Waals surface area contributed by atoms with Crippen LogP contribution in [0.1, 0.15) is 46.8 Å². The number of rotatable bonds is 3. The lowest BCUT2D eigenvalue weighted by Gasteiger charge is -2.18. The Labute approximate surface area is 146 Å². The molecule has 2 aromatic heterocycles. The number of nitrogens with one attached hydrogen (secondary N) is 2. The molecule has 1 unspecified atom stereocenters. The summed E-state index contributed by atoms with van der Waals surface area (Å²) in [5, 5.41) is 0. The lowest BCUT2D eigenvalue weighted by atomic mass is 10.0. The van der Waals surface area contributed by atoms with E-state index in [2.05, 4.69) is 14.9 Å². The second-order valence-electron chi connectivity index (χ2n) is 6.98.